The molecule has 7 atom stereocenters. The largest absolute Gasteiger partial charge is 0.449 e. The zero-order valence-electron chi connectivity index (χ0n) is 17.2. The number of amides is 1. The average molecular weight is 363 g/mol. The van der Waals surface area contributed by atoms with Crippen LogP contribution in [0.25, 0.3) is 0 Å². The molecule has 4 fully saturated rings. The van der Waals surface area contributed by atoms with E-state index in [1.54, 1.807) is 7.05 Å². The van der Waals surface area contributed by atoms with Crippen molar-refractivity contribution >= 4 is 6.09 Å². The van der Waals surface area contributed by atoms with Gasteiger partial charge >= 0.3 is 6.09 Å². The van der Waals surface area contributed by atoms with Crippen LogP contribution in [0.3, 0.4) is 0 Å². The first-order valence-corrected chi connectivity index (χ1v) is 10.9. The molecule has 0 aromatic rings. The lowest BCUT2D eigenvalue weighted by molar-refractivity contribution is -0.124. The summed E-state index contributed by atoms with van der Waals surface area (Å²) in [7, 11) is 4.00. The second-order valence-electron chi connectivity index (χ2n) is 10.2. The number of nitrogens with one attached hydrogen (secondary N) is 1. The molecule has 0 spiro atoms. The Morgan fingerprint density at radius 1 is 1.08 bits per heavy atom. The zero-order valence-corrected chi connectivity index (χ0v) is 17.2. The lowest BCUT2D eigenvalue weighted by atomic mass is 9.47. The van der Waals surface area contributed by atoms with Gasteiger partial charge in [-0.15, -0.1) is 0 Å². The van der Waals surface area contributed by atoms with Crippen LogP contribution < -0.4 is 5.32 Å². The average Bonchev–Trinajstić information content (AvgIpc) is 2.96. The van der Waals surface area contributed by atoms with Crippen molar-refractivity contribution in [1.29, 1.82) is 0 Å². The smallest absolute Gasteiger partial charge is 0.406 e. The standard InChI is InChI=1S/C22H38N2O2/c1-21-12-10-18-16(7-9-19-22(18,2)11-5-13-24(19)4)17(21)8-6-15(21)14-26-20(25)23-3/h15-19H,5-14H2,1-4H3,(H,23,25)/t15?,16-,17-,18-,19+,21+,22+/m0/s1. The molecular weight excluding hydrogens is 324 g/mol. The first kappa shape index (κ1) is 18.6. The van der Waals surface area contributed by atoms with Gasteiger partial charge in [0.05, 0.1) is 6.61 Å². The van der Waals surface area contributed by atoms with Gasteiger partial charge in [-0.05, 0) is 99.5 Å². The Morgan fingerprint density at radius 3 is 2.62 bits per heavy atom. The summed E-state index contributed by atoms with van der Waals surface area (Å²) in [6, 6.07) is 0.802. The van der Waals surface area contributed by atoms with Crippen LogP contribution in [0.5, 0.6) is 0 Å². The van der Waals surface area contributed by atoms with Crippen LogP contribution in [0.4, 0.5) is 4.79 Å². The number of likely N-dealkylation sites (tertiary alicyclic amines) is 1. The van der Waals surface area contributed by atoms with Crippen molar-refractivity contribution in [1.82, 2.24) is 10.2 Å². The van der Waals surface area contributed by atoms with Gasteiger partial charge in [0.1, 0.15) is 0 Å². The Morgan fingerprint density at radius 2 is 1.85 bits per heavy atom. The van der Waals surface area contributed by atoms with E-state index in [4.69, 9.17) is 4.74 Å². The molecule has 26 heavy (non-hydrogen) atoms. The van der Waals surface area contributed by atoms with Crippen LogP contribution in [-0.2, 0) is 4.74 Å². The molecule has 1 unspecified atom stereocenters. The van der Waals surface area contributed by atoms with Gasteiger partial charge in [0.15, 0.2) is 0 Å². The summed E-state index contributed by atoms with van der Waals surface area (Å²) in [6.07, 6.45) is 10.6. The number of alkyl carbamates (subject to hydrolysis) is 1. The predicted octanol–water partition coefficient (Wildman–Crippen LogP) is 4.30. The lowest BCUT2D eigenvalue weighted by Gasteiger charge is -2.62. The van der Waals surface area contributed by atoms with Gasteiger partial charge in [-0.25, -0.2) is 4.79 Å². The highest BCUT2D eigenvalue weighted by molar-refractivity contribution is 5.66. The van der Waals surface area contributed by atoms with E-state index in [-0.39, 0.29) is 6.09 Å². The molecule has 1 heterocycles. The molecule has 148 valence electrons. The summed E-state index contributed by atoms with van der Waals surface area (Å²) < 4.78 is 5.49. The molecule has 0 bridgehead atoms. The van der Waals surface area contributed by atoms with Gasteiger partial charge < -0.3 is 15.0 Å². The number of hydrogen-bond donors (Lipinski definition) is 1. The zero-order chi connectivity index (χ0) is 18.5. The van der Waals surface area contributed by atoms with Crippen molar-refractivity contribution < 1.29 is 9.53 Å². The highest BCUT2D eigenvalue weighted by Crippen LogP contribution is 2.66. The summed E-state index contributed by atoms with van der Waals surface area (Å²) in [4.78, 5) is 14.2. The van der Waals surface area contributed by atoms with Crippen molar-refractivity contribution in [2.75, 3.05) is 27.2 Å². The Hall–Kier alpha value is -0.770. The number of ether oxygens (including phenoxy) is 1. The normalized spacial score (nSPS) is 48.2. The first-order chi connectivity index (χ1) is 12.4. The number of nitrogens with zero attached hydrogens (tertiary/aromatic N) is 1. The van der Waals surface area contributed by atoms with E-state index in [9.17, 15) is 4.79 Å². The molecule has 4 heteroatoms. The van der Waals surface area contributed by atoms with Crippen molar-refractivity contribution in [3.8, 4) is 0 Å². The molecule has 4 rings (SSSR count). The number of rotatable bonds is 2. The fourth-order valence-corrected chi connectivity index (χ4v) is 8.01. The van der Waals surface area contributed by atoms with Gasteiger partial charge in [-0.2, -0.15) is 0 Å². The third-order valence-corrected chi connectivity index (χ3v) is 9.39. The molecule has 3 saturated carbocycles. The minimum absolute atomic E-state index is 0.274. The number of carbonyl (C=O) groups is 1. The monoisotopic (exact) mass is 362 g/mol. The number of piperidine rings is 1. The van der Waals surface area contributed by atoms with Crippen LogP contribution >= 0.6 is 0 Å². The molecule has 4 nitrogen and oxygen atoms in total. The van der Waals surface area contributed by atoms with Crippen LogP contribution in [0.2, 0.25) is 0 Å². The minimum atomic E-state index is -0.274. The van der Waals surface area contributed by atoms with Crippen LogP contribution in [0.15, 0.2) is 0 Å². The summed E-state index contributed by atoms with van der Waals surface area (Å²) >= 11 is 0. The molecule has 0 aromatic heterocycles. The van der Waals surface area contributed by atoms with Gasteiger partial charge in [-0.1, -0.05) is 13.8 Å². The number of carbonyl (C=O) groups excluding carboxylic acids is 1. The SMILES string of the molecule is CNC(=O)OCC1CC[C@H]2[C@@H]3CC[C@H]4N(C)CCC[C@]4(C)[C@H]3CC[C@]12C. The van der Waals surface area contributed by atoms with E-state index < -0.39 is 0 Å². The van der Waals surface area contributed by atoms with E-state index in [0.717, 1.165) is 23.8 Å². The third-order valence-electron chi connectivity index (χ3n) is 9.39. The maximum absolute atomic E-state index is 11.6. The fraction of sp³-hybridized carbons (Fsp3) is 0.955. The third kappa shape index (κ3) is 2.70. The molecule has 1 aliphatic heterocycles. The second kappa shape index (κ2) is 6.68. The van der Waals surface area contributed by atoms with Crippen molar-refractivity contribution in [2.24, 2.45) is 34.5 Å². The Labute approximate surface area is 159 Å². The summed E-state index contributed by atoms with van der Waals surface area (Å²) in [5.74, 6) is 3.18. The molecule has 1 saturated heterocycles. The van der Waals surface area contributed by atoms with Gasteiger partial charge in [0.25, 0.3) is 0 Å². The summed E-state index contributed by atoms with van der Waals surface area (Å²) in [5, 5.41) is 2.59. The van der Waals surface area contributed by atoms with E-state index in [0.29, 0.717) is 23.4 Å². The van der Waals surface area contributed by atoms with E-state index >= 15 is 0 Å². The van der Waals surface area contributed by atoms with Crippen LogP contribution in [0.1, 0.15) is 65.2 Å². The number of hydrogen-bond acceptors (Lipinski definition) is 3. The second-order valence-corrected chi connectivity index (χ2v) is 10.2. The molecular formula is C22H38N2O2. The fourth-order valence-electron chi connectivity index (χ4n) is 8.01. The maximum atomic E-state index is 11.6. The summed E-state index contributed by atoms with van der Waals surface area (Å²) in [5.41, 5.74) is 0.896. The van der Waals surface area contributed by atoms with E-state index in [1.165, 1.54) is 57.9 Å². The van der Waals surface area contributed by atoms with Crippen molar-refractivity contribution in [2.45, 2.75) is 71.3 Å². The van der Waals surface area contributed by atoms with Crippen LogP contribution in [-0.4, -0.2) is 44.3 Å². The Balaban J connectivity index is 1.51. The summed E-state index contributed by atoms with van der Waals surface area (Å²) in [6.45, 7) is 7.03. The van der Waals surface area contributed by atoms with Gasteiger partial charge in [-0.3, -0.25) is 0 Å². The van der Waals surface area contributed by atoms with Gasteiger partial charge in [0, 0.05) is 13.1 Å². The van der Waals surface area contributed by atoms with Crippen molar-refractivity contribution in [3.63, 3.8) is 0 Å². The quantitative estimate of drug-likeness (QED) is 0.796. The highest BCUT2D eigenvalue weighted by Gasteiger charge is 2.60. The Kier molecular flexibility index (Phi) is 4.78. The maximum Gasteiger partial charge on any atom is 0.406 e. The van der Waals surface area contributed by atoms with E-state index in [2.05, 4.69) is 31.1 Å². The lowest BCUT2D eigenvalue weighted by Crippen LogP contribution is -2.60. The molecule has 4 aliphatic rings. The highest BCUT2D eigenvalue weighted by atomic mass is 16.5. The molecule has 3 aliphatic carbocycles. The first-order valence-electron chi connectivity index (χ1n) is 10.9. The predicted molar refractivity (Wildman–Crippen MR) is 104 cm³/mol. The van der Waals surface area contributed by atoms with Crippen molar-refractivity contribution in [3.05, 3.63) is 0 Å². The molecule has 0 aromatic carbocycles. The Bertz CT molecular complexity index is 552. The number of fused-ring (bicyclic) bond motifs is 5. The van der Waals surface area contributed by atoms with Crippen LogP contribution in [0, 0.1) is 34.5 Å². The molecule has 1 amide bonds. The van der Waals surface area contributed by atoms with E-state index in [1.807, 2.05) is 0 Å². The topological polar surface area (TPSA) is 41.6 Å². The minimum Gasteiger partial charge on any atom is -0.449 e. The van der Waals surface area contributed by atoms with Gasteiger partial charge in [0.2, 0.25) is 0 Å². The molecule has 1 N–H and O–H groups in total. The molecule has 0 radical (unpaired) electrons.